The fourth-order valence-electron chi connectivity index (χ4n) is 10.6. The number of fused-ring (bicyclic) bond motifs is 3. The first-order valence-corrected chi connectivity index (χ1v) is 26.9. The van der Waals surface area contributed by atoms with Gasteiger partial charge in [0.1, 0.15) is 5.82 Å². The van der Waals surface area contributed by atoms with Crippen LogP contribution < -0.4 is 9.30 Å². The van der Waals surface area contributed by atoms with Crippen molar-refractivity contribution in [2.24, 2.45) is 0 Å². The number of pyridine rings is 1. The molecule has 7 aromatic carbocycles. The van der Waals surface area contributed by atoms with Crippen molar-refractivity contribution in [2.75, 3.05) is 0 Å². The van der Waals surface area contributed by atoms with Crippen LogP contribution >= 0.6 is 0 Å². The first-order chi connectivity index (χ1) is 35.8. The van der Waals surface area contributed by atoms with Crippen molar-refractivity contribution in [3.8, 4) is 28.7 Å². The number of benzene rings is 7. The minimum Gasteiger partial charge on any atom is -0.510 e. The van der Waals surface area contributed by atoms with E-state index in [2.05, 4.69) is 300 Å². The molecule has 0 bridgehead atoms. The molecular weight excluding hydrogens is 1120 g/mol. The molecule has 0 aliphatic rings. The number of rotatable bonds is 11. The van der Waals surface area contributed by atoms with Gasteiger partial charge >= 0.3 is 0 Å². The van der Waals surface area contributed by atoms with E-state index in [1.165, 1.54) is 38.9 Å². The molecule has 0 unspecified atom stereocenters. The van der Waals surface area contributed by atoms with Crippen LogP contribution in [0.15, 0.2) is 176 Å². The Kier molecular flexibility index (Phi) is 14.4. The van der Waals surface area contributed by atoms with E-state index in [1.54, 1.807) is 0 Å². The topological polar surface area (TPSA) is 35.9 Å². The number of ether oxygens (including phenoxy) is 1. The summed E-state index contributed by atoms with van der Waals surface area (Å²) >= 11 is 0. The molecule has 0 saturated heterocycles. The third-order valence-electron chi connectivity index (χ3n) is 16.0. The van der Waals surface area contributed by atoms with Crippen molar-refractivity contribution in [2.45, 2.75) is 136 Å². The summed E-state index contributed by atoms with van der Waals surface area (Å²) in [6.07, 6.45) is 8.07. The monoisotopic (exact) mass is 1190 g/mol. The van der Waals surface area contributed by atoms with Crippen LogP contribution in [-0.4, -0.2) is 14.1 Å². The second kappa shape index (κ2) is 20.2. The Bertz CT molecular complexity index is 3680. The molecule has 10 rings (SSSR count). The van der Waals surface area contributed by atoms with Crippen LogP contribution in [-0.2, 0) is 53.6 Å². The molecule has 0 fully saturated rings. The molecule has 0 spiro atoms. The van der Waals surface area contributed by atoms with Gasteiger partial charge in [0.15, 0.2) is 0 Å². The van der Waals surface area contributed by atoms with Crippen LogP contribution in [0.1, 0.15) is 154 Å². The normalized spacial score (nSPS) is 12.8. The van der Waals surface area contributed by atoms with Crippen LogP contribution in [0, 0.1) is 18.5 Å². The van der Waals surface area contributed by atoms with Gasteiger partial charge in [-0.2, -0.15) is 12.1 Å². The molecule has 0 aliphatic carbocycles. The van der Waals surface area contributed by atoms with Crippen molar-refractivity contribution in [1.82, 2.24) is 14.1 Å². The van der Waals surface area contributed by atoms with Gasteiger partial charge in [-0.05, 0) is 102 Å². The van der Waals surface area contributed by atoms with Crippen LogP contribution in [0.4, 0.5) is 0 Å². The Labute approximate surface area is 473 Å². The molecule has 0 amide bonds. The van der Waals surface area contributed by atoms with Crippen LogP contribution in [0.5, 0.6) is 11.5 Å². The van der Waals surface area contributed by atoms with Crippen molar-refractivity contribution in [3.63, 3.8) is 0 Å². The zero-order chi connectivity index (χ0) is 54.2. The molecule has 0 aliphatic heterocycles. The molecule has 0 atom stereocenters. The van der Waals surface area contributed by atoms with Gasteiger partial charge in [-0.25, -0.2) is 4.98 Å². The average molecular weight is 1190 g/mol. The van der Waals surface area contributed by atoms with Gasteiger partial charge in [0.05, 0.1) is 11.4 Å². The largest absolute Gasteiger partial charge is 0.510 e. The van der Waals surface area contributed by atoms with Gasteiger partial charge in [0.25, 0.3) is 6.33 Å². The summed E-state index contributed by atoms with van der Waals surface area (Å²) in [5, 5.41) is 2.25. The molecule has 0 radical (unpaired) electrons. The van der Waals surface area contributed by atoms with E-state index in [1.807, 2.05) is 12.3 Å². The minimum atomic E-state index is -0.405. The molecule has 3 aromatic heterocycles. The molecule has 3 heterocycles. The number of nitrogens with zero attached hydrogens (tertiary/aromatic N) is 4. The summed E-state index contributed by atoms with van der Waals surface area (Å²) < 4.78 is 13.7. The van der Waals surface area contributed by atoms with E-state index in [0.29, 0.717) is 11.5 Å². The number of hydrogen-bond donors (Lipinski definition) is 0. The molecule has 0 saturated carbocycles. The quantitative estimate of drug-likeness (QED) is 0.0956. The predicted molar refractivity (Wildman–Crippen MR) is 314 cm³/mol. The van der Waals surface area contributed by atoms with E-state index >= 15 is 0 Å². The van der Waals surface area contributed by atoms with Gasteiger partial charge in [-0.3, -0.25) is 4.57 Å². The van der Waals surface area contributed by atoms with E-state index in [9.17, 15) is 0 Å². The smallest absolute Gasteiger partial charge is 0.267 e. The first kappa shape index (κ1) is 55.0. The summed E-state index contributed by atoms with van der Waals surface area (Å²) in [4.78, 5) is 4.99. The van der Waals surface area contributed by atoms with Crippen LogP contribution in [0.25, 0.3) is 39.0 Å². The maximum absolute atomic E-state index is 7.09. The van der Waals surface area contributed by atoms with Crippen molar-refractivity contribution in [1.29, 1.82) is 0 Å². The second-order valence-corrected chi connectivity index (χ2v) is 25.6. The molecule has 6 heteroatoms. The zero-order valence-electron chi connectivity index (χ0n) is 47.8. The van der Waals surface area contributed by atoms with Gasteiger partial charge in [-0.1, -0.05) is 219 Å². The second-order valence-electron chi connectivity index (χ2n) is 25.6. The summed E-state index contributed by atoms with van der Waals surface area (Å²) in [5.41, 5.74) is 13.3. The number of aromatic nitrogens is 4. The number of hydrogen-bond acceptors (Lipinski definition) is 2. The van der Waals surface area contributed by atoms with Crippen LogP contribution in [0.2, 0.25) is 0 Å². The SMILES string of the molecule is CC(C)(C)c1ccnc(-n2c3[c-]c(Oc4[c-]c(-n5[c-][n+](-c6cc(C(C)(C)c7ccccc7)cc(C(C)(C)c7ccccc7)c6)cc5C(C)(C)C)cc(C(C)(C)c5ccccc5)c4)ccc3c3cc(C(C)(C)C)ccc32)c1.[Pt]. The van der Waals surface area contributed by atoms with Crippen molar-refractivity contribution < 1.29 is 30.4 Å². The number of imidazole rings is 1. The summed E-state index contributed by atoms with van der Waals surface area (Å²) in [5.74, 6) is 2.02. The van der Waals surface area contributed by atoms with Gasteiger partial charge in [0.2, 0.25) is 0 Å². The average Bonchev–Trinajstić information content (AvgIpc) is 4.00. The third kappa shape index (κ3) is 10.7. The molecule has 10 aromatic rings. The maximum atomic E-state index is 7.09. The van der Waals surface area contributed by atoms with Gasteiger partial charge in [0, 0.05) is 61.3 Å². The van der Waals surface area contributed by atoms with Crippen LogP contribution in [0.3, 0.4) is 0 Å². The Morgan fingerprint density at radius 2 is 0.961 bits per heavy atom. The summed E-state index contributed by atoms with van der Waals surface area (Å²) in [6, 6.07) is 66.9. The van der Waals surface area contributed by atoms with Crippen molar-refractivity contribution >= 4 is 21.8 Å². The maximum Gasteiger partial charge on any atom is 0.267 e. The Hall–Kier alpha value is -6.81. The molecule has 77 heavy (non-hydrogen) atoms. The Balaban J connectivity index is 0.00000722. The standard InChI is InChI=1S/C71H74N4O.Pt/c1-66(2,3)51-31-34-62-61(42-51)60-33-32-58(45-63(60)75(62)65-43-52(35-36-72-65)67(4,5)6)76-59-41-55(71(14,15)50-29-23-18-24-30-50)40-57(44-59)74-47-73(46-64(74)68(7,8)9)56-38-53(69(10,11)48-25-19-16-20-26-48)37-54(39-56)70(12,13)49-27-21-17-22-28-49;/h16-43,46H,1-15H3;/q-2;. The molecule has 0 N–H and O–H groups in total. The first-order valence-electron chi connectivity index (χ1n) is 26.9. The summed E-state index contributed by atoms with van der Waals surface area (Å²) in [6.45, 7) is 34.2. The van der Waals surface area contributed by atoms with E-state index in [4.69, 9.17) is 9.72 Å². The zero-order valence-corrected chi connectivity index (χ0v) is 50.0. The van der Waals surface area contributed by atoms with E-state index in [-0.39, 0.29) is 48.1 Å². The summed E-state index contributed by atoms with van der Waals surface area (Å²) in [7, 11) is 0. The van der Waals surface area contributed by atoms with E-state index < -0.39 is 5.41 Å². The van der Waals surface area contributed by atoms with Gasteiger partial charge in [-0.15, -0.1) is 35.2 Å². The minimum absolute atomic E-state index is 0. The molecule has 5 nitrogen and oxygen atoms in total. The molecular formula is C71H74N4OPt-2. The predicted octanol–water partition coefficient (Wildman–Crippen LogP) is 17.3. The van der Waals surface area contributed by atoms with Crippen molar-refractivity contribution in [3.05, 3.63) is 245 Å². The van der Waals surface area contributed by atoms with E-state index in [0.717, 1.165) is 50.3 Å². The third-order valence-corrected chi connectivity index (χ3v) is 16.0. The Morgan fingerprint density at radius 3 is 1.48 bits per heavy atom. The van der Waals surface area contributed by atoms with Gasteiger partial charge < -0.3 is 13.9 Å². The Morgan fingerprint density at radius 1 is 0.442 bits per heavy atom. The molecule has 396 valence electrons. The fraction of sp³-hybridized carbons (Fsp3) is 0.296. The fourth-order valence-corrected chi connectivity index (χ4v) is 10.6.